The lowest BCUT2D eigenvalue weighted by Gasteiger charge is -2.36. The van der Waals surface area contributed by atoms with Crippen LogP contribution in [0, 0.1) is 11.8 Å². The predicted octanol–water partition coefficient (Wildman–Crippen LogP) is 3.59. The van der Waals surface area contributed by atoms with Crippen molar-refractivity contribution in [1.29, 1.82) is 0 Å². The molecule has 0 spiro atoms. The molecule has 0 radical (unpaired) electrons. The molecule has 0 aromatic carbocycles. The molecule has 1 rings (SSSR count). The summed E-state index contributed by atoms with van der Waals surface area (Å²) >= 11 is 0. The fourth-order valence-electron chi connectivity index (χ4n) is 2.70. The van der Waals surface area contributed by atoms with Crippen molar-refractivity contribution in [2.24, 2.45) is 11.8 Å². The van der Waals surface area contributed by atoms with Crippen molar-refractivity contribution in [1.82, 2.24) is 5.32 Å². The highest BCUT2D eigenvalue weighted by Crippen LogP contribution is 2.29. The van der Waals surface area contributed by atoms with E-state index in [1.807, 2.05) is 0 Å². The maximum atomic E-state index is 3.80. The van der Waals surface area contributed by atoms with Crippen LogP contribution in [0.1, 0.15) is 59.8 Å². The van der Waals surface area contributed by atoms with Crippen LogP contribution in [0.3, 0.4) is 0 Å². The Kier molecular flexibility index (Phi) is 4.94. The first-order valence-electron chi connectivity index (χ1n) is 6.41. The lowest BCUT2D eigenvalue weighted by Crippen LogP contribution is -2.44. The topological polar surface area (TPSA) is 12.0 Å². The molecule has 1 heteroatoms. The van der Waals surface area contributed by atoms with Gasteiger partial charge in [-0.2, -0.15) is 0 Å². The first-order valence-corrected chi connectivity index (χ1v) is 6.41. The van der Waals surface area contributed by atoms with E-state index in [1.54, 1.807) is 0 Å². The van der Waals surface area contributed by atoms with Gasteiger partial charge < -0.3 is 5.32 Å². The van der Waals surface area contributed by atoms with Gasteiger partial charge in [-0.3, -0.25) is 0 Å². The summed E-state index contributed by atoms with van der Waals surface area (Å²) in [5.74, 6) is 1.78. The van der Waals surface area contributed by atoms with Crippen molar-refractivity contribution in [2.75, 3.05) is 0 Å². The minimum absolute atomic E-state index is 0.706. The number of nitrogens with one attached hydrogen (secondary N) is 1. The molecule has 0 aromatic rings. The Morgan fingerprint density at radius 1 is 1.29 bits per heavy atom. The van der Waals surface area contributed by atoms with E-state index in [4.69, 9.17) is 0 Å². The first kappa shape index (κ1) is 12.0. The summed E-state index contributed by atoms with van der Waals surface area (Å²) in [7, 11) is 0. The largest absolute Gasteiger partial charge is 0.311 e. The van der Waals surface area contributed by atoms with Crippen molar-refractivity contribution >= 4 is 0 Å². The predicted molar refractivity (Wildman–Crippen MR) is 63.5 cm³/mol. The molecular formula is C13H27N. The fraction of sp³-hybridized carbons (Fsp3) is 1.00. The van der Waals surface area contributed by atoms with Crippen LogP contribution in [0.5, 0.6) is 0 Å². The molecule has 0 bridgehead atoms. The summed E-state index contributed by atoms with van der Waals surface area (Å²) in [4.78, 5) is 0. The van der Waals surface area contributed by atoms with Gasteiger partial charge in [0, 0.05) is 12.1 Å². The SMILES string of the molecule is CCC[C@H](C)N[C@@H]1CCC[C@@H](C)[C@H]1C. The summed E-state index contributed by atoms with van der Waals surface area (Å²) in [6.07, 6.45) is 6.85. The zero-order valence-corrected chi connectivity index (χ0v) is 10.3. The van der Waals surface area contributed by atoms with Crippen LogP contribution >= 0.6 is 0 Å². The highest BCUT2D eigenvalue weighted by Gasteiger charge is 2.27. The van der Waals surface area contributed by atoms with Gasteiger partial charge in [0.1, 0.15) is 0 Å². The van der Waals surface area contributed by atoms with Gasteiger partial charge in [-0.15, -0.1) is 0 Å². The number of hydrogen-bond donors (Lipinski definition) is 1. The Balaban J connectivity index is 2.35. The van der Waals surface area contributed by atoms with Crippen molar-refractivity contribution in [3.8, 4) is 0 Å². The van der Waals surface area contributed by atoms with Gasteiger partial charge in [-0.1, -0.05) is 40.0 Å². The quantitative estimate of drug-likeness (QED) is 0.726. The first-order chi connectivity index (χ1) is 6.65. The standard InChI is InChI=1S/C13H27N/c1-5-7-11(3)14-13-9-6-8-10(2)12(13)4/h10-14H,5-9H2,1-4H3/t10-,11+,12-,13-/m1/s1. The van der Waals surface area contributed by atoms with E-state index >= 15 is 0 Å². The van der Waals surface area contributed by atoms with Crippen molar-refractivity contribution in [3.63, 3.8) is 0 Å². The smallest absolute Gasteiger partial charge is 0.00977 e. The van der Waals surface area contributed by atoms with Crippen LogP contribution in [0.15, 0.2) is 0 Å². The monoisotopic (exact) mass is 197 g/mol. The van der Waals surface area contributed by atoms with Gasteiger partial charge in [-0.05, 0) is 31.6 Å². The van der Waals surface area contributed by atoms with Crippen LogP contribution in [0.4, 0.5) is 0 Å². The molecule has 4 atom stereocenters. The molecule has 14 heavy (non-hydrogen) atoms. The molecule has 0 aromatic heterocycles. The van der Waals surface area contributed by atoms with E-state index in [0.29, 0.717) is 6.04 Å². The lowest BCUT2D eigenvalue weighted by atomic mass is 9.78. The second-order valence-corrected chi connectivity index (χ2v) is 5.23. The summed E-state index contributed by atoms with van der Waals surface area (Å²) in [5, 5.41) is 3.80. The van der Waals surface area contributed by atoms with Gasteiger partial charge in [-0.25, -0.2) is 0 Å². The molecule has 1 aliphatic rings. The normalized spacial score (nSPS) is 35.6. The molecular weight excluding hydrogens is 170 g/mol. The average molecular weight is 197 g/mol. The molecule has 0 aliphatic heterocycles. The lowest BCUT2D eigenvalue weighted by molar-refractivity contribution is 0.194. The van der Waals surface area contributed by atoms with E-state index < -0.39 is 0 Å². The van der Waals surface area contributed by atoms with E-state index in [-0.39, 0.29) is 0 Å². The molecule has 1 saturated carbocycles. The minimum Gasteiger partial charge on any atom is -0.311 e. The molecule has 84 valence electrons. The van der Waals surface area contributed by atoms with Crippen molar-refractivity contribution in [3.05, 3.63) is 0 Å². The van der Waals surface area contributed by atoms with Gasteiger partial charge >= 0.3 is 0 Å². The van der Waals surface area contributed by atoms with Crippen molar-refractivity contribution in [2.45, 2.75) is 71.9 Å². The summed E-state index contributed by atoms with van der Waals surface area (Å²) < 4.78 is 0. The fourth-order valence-corrected chi connectivity index (χ4v) is 2.70. The highest BCUT2D eigenvalue weighted by molar-refractivity contribution is 4.83. The summed E-state index contributed by atoms with van der Waals surface area (Å²) in [5.41, 5.74) is 0. The van der Waals surface area contributed by atoms with Crippen LogP contribution in [-0.2, 0) is 0 Å². The summed E-state index contributed by atoms with van der Waals surface area (Å²) in [6, 6.07) is 1.48. The molecule has 1 N–H and O–H groups in total. The molecule has 0 amide bonds. The second-order valence-electron chi connectivity index (χ2n) is 5.23. The zero-order valence-electron chi connectivity index (χ0n) is 10.3. The third-order valence-corrected chi connectivity index (χ3v) is 3.93. The zero-order chi connectivity index (χ0) is 10.6. The molecule has 0 heterocycles. The maximum absolute atomic E-state index is 3.80. The average Bonchev–Trinajstić information content (AvgIpc) is 2.13. The van der Waals surface area contributed by atoms with Crippen molar-refractivity contribution < 1.29 is 0 Å². The molecule has 0 saturated heterocycles. The third kappa shape index (κ3) is 3.27. The molecule has 1 fully saturated rings. The third-order valence-electron chi connectivity index (χ3n) is 3.93. The van der Waals surface area contributed by atoms with E-state index in [0.717, 1.165) is 17.9 Å². The second kappa shape index (κ2) is 5.75. The van der Waals surface area contributed by atoms with Gasteiger partial charge in [0.15, 0.2) is 0 Å². The van der Waals surface area contributed by atoms with Gasteiger partial charge in [0.2, 0.25) is 0 Å². The Bertz CT molecular complexity index is 155. The van der Waals surface area contributed by atoms with Crippen LogP contribution in [0.25, 0.3) is 0 Å². The van der Waals surface area contributed by atoms with E-state index in [9.17, 15) is 0 Å². The van der Waals surface area contributed by atoms with Crippen LogP contribution in [-0.4, -0.2) is 12.1 Å². The van der Waals surface area contributed by atoms with Crippen LogP contribution in [0.2, 0.25) is 0 Å². The summed E-state index contributed by atoms with van der Waals surface area (Å²) in [6.45, 7) is 9.42. The molecule has 0 unspecified atom stereocenters. The highest BCUT2D eigenvalue weighted by atomic mass is 15.0. The molecule has 1 aliphatic carbocycles. The van der Waals surface area contributed by atoms with Gasteiger partial charge in [0.25, 0.3) is 0 Å². The van der Waals surface area contributed by atoms with E-state index in [2.05, 4.69) is 33.0 Å². The van der Waals surface area contributed by atoms with Crippen LogP contribution < -0.4 is 5.32 Å². The maximum Gasteiger partial charge on any atom is 0.00977 e. The molecule has 1 nitrogen and oxygen atoms in total. The minimum atomic E-state index is 0.706. The Morgan fingerprint density at radius 3 is 2.64 bits per heavy atom. The Labute approximate surface area is 89.7 Å². The van der Waals surface area contributed by atoms with Gasteiger partial charge in [0.05, 0.1) is 0 Å². The Hall–Kier alpha value is -0.0400. The van der Waals surface area contributed by atoms with E-state index in [1.165, 1.54) is 32.1 Å². The Morgan fingerprint density at radius 2 is 2.00 bits per heavy atom. The number of rotatable bonds is 4. The number of hydrogen-bond acceptors (Lipinski definition) is 1.